The molecule has 24 heavy (non-hydrogen) atoms. The van der Waals surface area contributed by atoms with Gasteiger partial charge in [-0.15, -0.1) is 0 Å². The van der Waals surface area contributed by atoms with E-state index in [0.717, 1.165) is 19.1 Å². The first-order chi connectivity index (χ1) is 8.91. The third-order valence-corrected chi connectivity index (χ3v) is 3.68. The Bertz CT molecular complexity index is 173. The molecule has 0 aromatic carbocycles. The van der Waals surface area contributed by atoms with Crippen molar-refractivity contribution in [1.82, 2.24) is 0 Å². The van der Waals surface area contributed by atoms with Gasteiger partial charge in [0.05, 0.1) is 0 Å². The van der Waals surface area contributed by atoms with Gasteiger partial charge in [-0.25, -0.2) is 0 Å². The van der Waals surface area contributed by atoms with Crippen molar-refractivity contribution in [3.8, 4) is 0 Å². The molecule has 0 rings (SSSR count). The quantitative estimate of drug-likeness (QED) is 0.112. The monoisotopic (exact) mass is 866 g/mol. The predicted octanol–water partition coefficient (Wildman–Crippen LogP) is 6.04. The Kier molecular flexibility index (Phi) is 86.6. The van der Waals surface area contributed by atoms with E-state index in [1.54, 1.807) is 0 Å². The van der Waals surface area contributed by atoms with E-state index in [4.69, 9.17) is 0 Å². The first-order valence-corrected chi connectivity index (χ1v) is 8.35. The van der Waals surface area contributed by atoms with E-state index >= 15 is 0 Å². The normalized spacial score (nSPS) is 8.04. The van der Waals surface area contributed by atoms with Crippen LogP contribution < -0.4 is 0 Å². The standard InChI is InChI=1S/C17H34O.6Ru/c1-2-3-4-5-6-7-8-9-10-11-12-13-14-15-16-17-18;;;;;;/h17H,2-16H2,1H3;;;;;;. The van der Waals surface area contributed by atoms with Crippen molar-refractivity contribution in [2.24, 2.45) is 0 Å². The van der Waals surface area contributed by atoms with E-state index < -0.39 is 0 Å². The van der Waals surface area contributed by atoms with E-state index in [1.807, 2.05) is 0 Å². The summed E-state index contributed by atoms with van der Waals surface area (Å²) in [7, 11) is 0. The van der Waals surface area contributed by atoms with Crippen LogP contribution >= 0.6 is 0 Å². The van der Waals surface area contributed by atoms with Gasteiger partial charge in [0.2, 0.25) is 0 Å². The zero-order valence-electron chi connectivity index (χ0n) is 14.7. The summed E-state index contributed by atoms with van der Waals surface area (Å²) in [6.45, 7) is 2.28. The van der Waals surface area contributed by atoms with Crippen LogP contribution in [0.3, 0.4) is 0 Å². The summed E-state index contributed by atoms with van der Waals surface area (Å²) in [5.41, 5.74) is 0. The Morgan fingerprint density at radius 1 is 0.458 bits per heavy atom. The Hall–Kier alpha value is 3.41. The fraction of sp³-hybridized carbons (Fsp3) is 0.941. The predicted molar refractivity (Wildman–Crippen MR) is 81.0 cm³/mol. The zero-order chi connectivity index (χ0) is 13.3. The molecule has 0 aromatic heterocycles. The summed E-state index contributed by atoms with van der Waals surface area (Å²) in [6, 6.07) is 0. The number of rotatable bonds is 15. The summed E-state index contributed by atoms with van der Waals surface area (Å²) in [6.07, 6.45) is 21.1. The number of carbonyl (C=O) groups is 1. The Morgan fingerprint density at radius 3 is 0.958 bits per heavy atom. The Morgan fingerprint density at radius 2 is 0.708 bits per heavy atom. The molecule has 0 aliphatic heterocycles. The largest absolute Gasteiger partial charge is 0.303 e. The summed E-state index contributed by atoms with van der Waals surface area (Å²) < 4.78 is 0. The minimum Gasteiger partial charge on any atom is -0.303 e. The average Bonchev–Trinajstić information content (AvgIpc) is 2.39. The number of hydrogen-bond donors (Lipinski definition) is 0. The molecule has 0 aromatic rings. The maximum atomic E-state index is 10.1. The molecule has 7 heteroatoms. The maximum Gasteiger partial charge on any atom is 0.119 e. The number of carbonyl (C=O) groups excluding carboxylic acids is 1. The molecule has 0 bridgehead atoms. The van der Waals surface area contributed by atoms with Crippen molar-refractivity contribution in [2.45, 2.75) is 103 Å². The fourth-order valence-electron chi connectivity index (χ4n) is 2.42. The van der Waals surface area contributed by atoms with Crippen LogP contribution in [0.15, 0.2) is 0 Å². The van der Waals surface area contributed by atoms with Crippen molar-refractivity contribution in [1.29, 1.82) is 0 Å². The van der Waals surface area contributed by atoms with E-state index in [2.05, 4.69) is 6.92 Å². The summed E-state index contributed by atoms with van der Waals surface area (Å²) in [5, 5.41) is 0. The maximum absolute atomic E-state index is 10.1. The summed E-state index contributed by atoms with van der Waals surface area (Å²) >= 11 is 0. The van der Waals surface area contributed by atoms with Gasteiger partial charge in [-0.05, 0) is 6.42 Å². The molecule has 0 atom stereocenters. The van der Waals surface area contributed by atoms with Crippen molar-refractivity contribution in [3.63, 3.8) is 0 Å². The second-order valence-corrected chi connectivity index (χ2v) is 5.55. The van der Waals surface area contributed by atoms with E-state index in [-0.39, 0.29) is 117 Å². The average molecular weight is 861 g/mol. The molecule has 0 saturated heterocycles. The summed E-state index contributed by atoms with van der Waals surface area (Å²) in [4.78, 5) is 10.1. The van der Waals surface area contributed by atoms with Crippen LogP contribution in [-0.4, -0.2) is 6.29 Å². The van der Waals surface area contributed by atoms with Crippen molar-refractivity contribution < 1.29 is 122 Å². The minimum absolute atomic E-state index is 0. The van der Waals surface area contributed by atoms with Crippen LogP contribution in [0.5, 0.6) is 0 Å². The van der Waals surface area contributed by atoms with Crippen molar-refractivity contribution >= 4 is 6.29 Å². The molecule has 0 spiro atoms. The number of hydrogen-bond acceptors (Lipinski definition) is 1. The van der Waals surface area contributed by atoms with Crippen LogP contribution in [0.2, 0.25) is 0 Å². The van der Waals surface area contributed by atoms with Crippen LogP contribution in [0.25, 0.3) is 0 Å². The first-order valence-electron chi connectivity index (χ1n) is 8.35. The van der Waals surface area contributed by atoms with Gasteiger partial charge in [0.1, 0.15) is 6.29 Å². The first kappa shape index (κ1) is 45.9. The third kappa shape index (κ3) is 44.7. The van der Waals surface area contributed by atoms with Gasteiger partial charge < -0.3 is 4.79 Å². The molecule has 1 nitrogen and oxygen atoms in total. The topological polar surface area (TPSA) is 17.1 Å². The fourth-order valence-corrected chi connectivity index (χ4v) is 2.42. The SMILES string of the molecule is CCCCCCCCCCCCCCCCC=O.[Ru].[Ru].[Ru].[Ru].[Ru].[Ru]. The molecule has 0 heterocycles. The van der Waals surface area contributed by atoms with Crippen LogP contribution in [0, 0.1) is 0 Å². The van der Waals surface area contributed by atoms with Crippen LogP contribution in [-0.2, 0) is 122 Å². The second kappa shape index (κ2) is 45.3. The molecule has 0 fully saturated rings. The van der Waals surface area contributed by atoms with Crippen LogP contribution in [0.4, 0.5) is 0 Å². The molecule has 0 aliphatic rings. The van der Waals surface area contributed by atoms with Gasteiger partial charge in [-0.2, -0.15) is 0 Å². The number of aldehydes is 1. The molecule has 0 saturated carbocycles. The molecule has 0 aliphatic carbocycles. The van der Waals surface area contributed by atoms with Gasteiger partial charge in [-0.1, -0.05) is 90.4 Å². The third-order valence-electron chi connectivity index (χ3n) is 3.68. The van der Waals surface area contributed by atoms with Gasteiger partial charge in [0.25, 0.3) is 0 Å². The van der Waals surface area contributed by atoms with E-state index in [1.165, 1.54) is 83.5 Å². The molecule has 0 amide bonds. The van der Waals surface area contributed by atoms with Crippen molar-refractivity contribution in [2.75, 3.05) is 0 Å². The van der Waals surface area contributed by atoms with E-state index in [9.17, 15) is 4.79 Å². The molecule has 0 N–H and O–H groups in total. The van der Waals surface area contributed by atoms with Gasteiger partial charge in [-0.3, -0.25) is 0 Å². The Balaban J connectivity index is -0.0000000963. The minimum atomic E-state index is 0. The van der Waals surface area contributed by atoms with Crippen molar-refractivity contribution in [3.05, 3.63) is 0 Å². The molecular weight excluding hydrogens is 827 g/mol. The summed E-state index contributed by atoms with van der Waals surface area (Å²) in [5.74, 6) is 0. The van der Waals surface area contributed by atoms with Crippen LogP contribution in [0.1, 0.15) is 103 Å². The van der Waals surface area contributed by atoms with Gasteiger partial charge in [0.15, 0.2) is 0 Å². The molecular formula is C17H34ORu6. The zero-order valence-corrected chi connectivity index (χ0v) is 25.1. The van der Waals surface area contributed by atoms with Gasteiger partial charge in [0, 0.05) is 123 Å². The molecule has 0 unspecified atom stereocenters. The Labute approximate surface area is 228 Å². The molecule has 156 valence electrons. The molecule has 0 radical (unpaired) electrons. The smallest absolute Gasteiger partial charge is 0.119 e. The second-order valence-electron chi connectivity index (χ2n) is 5.55. The van der Waals surface area contributed by atoms with Gasteiger partial charge >= 0.3 is 0 Å². The number of unbranched alkanes of at least 4 members (excludes halogenated alkanes) is 14. The van der Waals surface area contributed by atoms with E-state index in [0.29, 0.717) is 0 Å².